The highest BCUT2D eigenvalue weighted by Crippen LogP contribution is 2.40. The third kappa shape index (κ3) is 4.61. The Balaban J connectivity index is 0.00000243. The standard InChI is InChI=1S/C20H34N4O.ClH/c1-5-20(2,3)15-6-8-16(9-7-15)23-19(25)18-12-21-11-17(18)14-10-22-24(4)13-14;/h10,13,15-18,21H,5-9,11-12H2,1-4H3,(H,23,25);1H/t15?,16?,17-,18+;/m1./s1. The lowest BCUT2D eigenvalue weighted by Gasteiger charge is -2.39. The van der Waals surface area contributed by atoms with Gasteiger partial charge in [0.15, 0.2) is 0 Å². The van der Waals surface area contributed by atoms with E-state index in [-0.39, 0.29) is 30.2 Å². The lowest BCUT2D eigenvalue weighted by atomic mass is 9.69. The van der Waals surface area contributed by atoms with Gasteiger partial charge in [0, 0.05) is 38.3 Å². The zero-order chi connectivity index (χ0) is 18.0. The number of hydrogen-bond acceptors (Lipinski definition) is 3. The van der Waals surface area contributed by atoms with Crippen molar-refractivity contribution in [2.45, 2.75) is 64.8 Å². The Morgan fingerprint density at radius 1 is 1.31 bits per heavy atom. The van der Waals surface area contributed by atoms with Crippen LogP contribution in [0, 0.1) is 17.3 Å². The Bertz CT molecular complexity index is 592. The van der Waals surface area contributed by atoms with Crippen LogP contribution in [0.5, 0.6) is 0 Å². The Morgan fingerprint density at radius 3 is 2.58 bits per heavy atom. The molecule has 0 bridgehead atoms. The highest BCUT2D eigenvalue weighted by Gasteiger charge is 2.37. The molecule has 1 aliphatic heterocycles. The van der Waals surface area contributed by atoms with E-state index in [0.29, 0.717) is 11.5 Å². The molecule has 2 N–H and O–H groups in total. The van der Waals surface area contributed by atoms with Gasteiger partial charge in [0.2, 0.25) is 5.91 Å². The van der Waals surface area contributed by atoms with Crippen molar-refractivity contribution < 1.29 is 4.79 Å². The van der Waals surface area contributed by atoms with Crippen molar-refractivity contribution >= 4 is 18.3 Å². The fraction of sp³-hybridized carbons (Fsp3) is 0.800. The maximum Gasteiger partial charge on any atom is 0.225 e. The van der Waals surface area contributed by atoms with Crippen LogP contribution in [0.15, 0.2) is 12.4 Å². The highest BCUT2D eigenvalue weighted by atomic mass is 35.5. The quantitative estimate of drug-likeness (QED) is 0.821. The molecule has 5 nitrogen and oxygen atoms in total. The average Bonchev–Trinajstić information content (AvgIpc) is 3.24. The number of aryl methyl sites for hydroxylation is 1. The molecule has 2 atom stereocenters. The number of aromatic nitrogens is 2. The molecule has 1 saturated heterocycles. The SMILES string of the molecule is CCC(C)(C)C1CCC(NC(=O)[C@H]2CNC[C@@H]2c2cnn(C)c2)CC1.Cl. The van der Waals surface area contributed by atoms with Gasteiger partial charge in [-0.05, 0) is 42.6 Å². The van der Waals surface area contributed by atoms with Gasteiger partial charge in [-0.25, -0.2) is 0 Å². The minimum absolute atomic E-state index is 0. The van der Waals surface area contributed by atoms with Crippen molar-refractivity contribution in [3.8, 4) is 0 Å². The summed E-state index contributed by atoms with van der Waals surface area (Å²) in [7, 11) is 1.93. The monoisotopic (exact) mass is 382 g/mol. The van der Waals surface area contributed by atoms with E-state index in [2.05, 4.69) is 36.5 Å². The molecule has 2 fully saturated rings. The molecule has 2 aliphatic rings. The number of rotatable bonds is 5. The molecule has 1 amide bonds. The molecule has 0 unspecified atom stereocenters. The zero-order valence-corrected chi connectivity index (χ0v) is 17.4. The third-order valence-electron chi connectivity index (χ3n) is 6.79. The molecule has 148 valence electrons. The molecule has 1 saturated carbocycles. The molecular formula is C20H35ClN4O. The average molecular weight is 383 g/mol. The Labute approximate surface area is 164 Å². The summed E-state index contributed by atoms with van der Waals surface area (Å²) in [5.41, 5.74) is 1.59. The molecule has 3 rings (SSSR count). The van der Waals surface area contributed by atoms with Crippen LogP contribution in [0.3, 0.4) is 0 Å². The van der Waals surface area contributed by atoms with E-state index in [9.17, 15) is 4.79 Å². The third-order valence-corrected chi connectivity index (χ3v) is 6.79. The molecule has 1 aromatic heterocycles. The van der Waals surface area contributed by atoms with Crippen LogP contribution in [0.2, 0.25) is 0 Å². The summed E-state index contributed by atoms with van der Waals surface area (Å²) in [5.74, 6) is 1.28. The van der Waals surface area contributed by atoms with E-state index in [1.807, 2.05) is 24.1 Å². The van der Waals surface area contributed by atoms with Gasteiger partial charge in [-0.15, -0.1) is 12.4 Å². The Hall–Kier alpha value is -1.07. The van der Waals surface area contributed by atoms with E-state index in [1.165, 1.54) is 24.8 Å². The van der Waals surface area contributed by atoms with Crippen LogP contribution in [-0.4, -0.2) is 34.8 Å². The molecule has 1 aromatic rings. The normalized spacial score (nSPS) is 29.2. The van der Waals surface area contributed by atoms with Crippen molar-refractivity contribution in [1.82, 2.24) is 20.4 Å². The molecule has 6 heteroatoms. The first-order valence-corrected chi connectivity index (χ1v) is 9.90. The van der Waals surface area contributed by atoms with Crippen molar-refractivity contribution in [2.75, 3.05) is 13.1 Å². The Morgan fingerprint density at radius 2 is 2.00 bits per heavy atom. The summed E-state index contributed by atoms with van der Waals surface area (Å²) >= 11 is 0. The van der Waals surface area contributed by atoms with Crippen LogP contribution >= 0.6 is 12.4 Å². The topological polar surface area (TPSA) is 59.0 Å². The van der Waals surface area contributed by atoms with Gasteiger partial charge in [0.25, 0.3) is 0 Å². The van der Waals surface area contributed by atoms with Gasteiger partial charge in [-0.1, -0.05) is 27.2 Å². The van der Waals surface area contributed by atoms with Crippen LogP contribution in [0.25, 0.3) is 0 Å². The van der Waals surface area contributed by atoms with Crippen molar-refractivity contribution in [3.05, 3.63) is 18.0 Å². The first-order valence-electron chi connectivity index (χ1n) is 9.90. The number of hydrogen-bond donors (Lipinski definition) is 2. The maximum atomic E-state index is 12.9. The van der Waals surface area contributed by atoms with Crippen molar-refractivity contribution in [1.29, 1.82) is 0 Å². The van der Waals surface area contributed by atoms with Crippen LogP contribution in [0.1, 0.15) is 64.4 Å². The minimum Gasteiger partial charge on any atom is -0.353 e. The van der Waals surface area contributed by atoms with Gasteiger partial charge >= 0.3 is 0 Å². The van der Waals surface area contributed by atoms with Gasteiger partial charge in [0.1, 0.15) is 0 Å². The number of carbonyl (C=O) groups is 1. The summed E-state index contributed by atoms with van der Waals surface area (Å²) in [5, 5.41) is 11.0. The fourth-order valence-corrected chi connectivity index (χ4v) is 4.55. The van der Waals surface area contributed by atoms with Crippen LogP contribution in [0.4, 0.5) is 0 Å². The first-order chi connectivity index (χ1) is 11.9. The predicted molar refractivity (Wildman–Crippen MR) is 108 cm³/mol. The van der Waals surface area contributed by atoms with Crippen molar-refractivity contribution in [3.63, 3.8) is 0 Å². The smallest absolute Gasteiger partial charge is 0.225 e. The molecule has 0 spiro atoms. The van der Waals surface area contributed by atoms with Crippen molar-refractivity contribution in [2.24, 2.45) is 24.3 Å². The summed E-state index contributed by atoms with van der Waals surface area (Å²) in [4.78, 5) is 12.9. The number of amides is 1. The lowest BCUT2D eigenvalue weighted by molar-refractivity contribution is -0.125. The van der Waals surface area contributed by atoms with Gasteiger partial charge in [0.05, 0.1) is 12.1 Å². The summed E-state index contributed by atoms with van der Waals surface area (Å²) in [6.07, 6.45) is 9.89. The van der Waals surface area contributed by atoms with E-state index in [1.54, 1.807) is 0 Å². The molecule has 0 radical (unpaired) electrons. The Kier molecular flexibility index (Phi) is 7.14. The van der Waals surface area contributed by atoms with E-state index in [0.717, 1.165) is 31.8 Å². The molecule has 0 aromatic carbocycles. The van der Waals surface area contributed by atoms with Gasteiger partial charge < -0.3 is 10.6 Å². The second-order valence-corrected chi connectivity index (χ2v) is 8.72. The number of nitrogens with zero attached hydrogens (tertiary/aromatic N) is 2. The predicted octanol–water partition coefficient (Wildman–Crippen LogP) is 3.26. The van der Waals surface area contributed by atoms with E-state index < -0.39 is 0 Å². The van der Waals surface area contributed by atoms with Gasteiger partial charge in [-0.2, -0.15) is 5.10 Å². The first kappa shape index (κ1) is 21.2. The fourth-order valence-electron chi connectivity index (χ4n) is 4.55. The maximum absolute atomic E-state index is 12.9. The van der Waals surface area contributed by atoms with Crippen LogP contribution in [-0.2, 0) is 11.8 Å². The summed E-state index contributed by atoms with van der Waals surface area (Å²) in [6, 6.07) is 0.353. The number of halogens is 1. The van der Waals surface area contributed by atoms with E-state index in [4.69, 9.17) is 0 Å². The number of nitrogens with one attached hydrogen (secondary N) is 2. The largest absolute Gasteiger partial charge is 0.353 e. The second kappa shape index (κ2) is 8.75. The van der Waals surface area contributed by atoms with Gasteiger partial charge in [-0.3, -0.25) is 9.48 Å². The van der Waals surface area contributed by atoms with E-state index >= 15 is 0 Å². The van der Waals surface area contributed by atoms with Crippen LogP contribution < -0.4 is 10.6 Å². The second-order valence-electron chi connectivity index (χ2n) is 8.72. The minimum atomic E-state index is 0. The molecule has 1 aliphatic carbocycles. The number of carbonyl (C=O) groups excluding carboxylic acids is 1. The molecule has 2 heterocycles. The molecule has 26 heavy (non-hydrogen) atoms. The highest BCUT2D eigenvalue weighted by molar-refractivity contribution is 5.85. The summed E-state index contributed by atoms with van der Waals surface area (Å²) in [6.45, 7) is 8.70. The summed E-state index contributed by atoms with van der Waals surface area (Å²) < 4.78 is 1.82. The lowest BCUT2D eigenvalue weighted by Crippen LogP contribution is -2.43. The molecular weight excluding hydrogens is 348 g/mol. The zero-order valence-electron chi connectivity index (χ0n) is 16.6.